The minimum Gasteiger partial charge on any atom is -0.478 e. The molecule has 1 aromatic heterocycles. The minimum absolute atomic E-state index is 0.0125. The molecule has 49 heavy (non-hydrogen) atoms. The van der Waals surface area contributed by atoms with Gasteiger partial charge in [-0.1, -0.05) is 64.5 Å². The summed E-state index contributed by atoms with van der Waals surface area (Å²) in [6, 6.07) is -1.49. The van der Waals surface area contributed by atoms with E-state index in [1.165, 1.54) is 12.2 Å². The highest BCUT2D eigenvalue weighted by Crippen LogP contribution is 2.30. The van der Waals surface area contributed by atoms with Crippen LogP contribution in [-0.2, 0) is 35.4 Å². The molecular weight excluding hydrogens is 656 g/mol. The molecule has 0 radical (unpaired) electrons. The molecule has 1 saturated heterocycles. The number of oxazole rings is 1. The summed E-state index contributed by atoms with van der Waals surface area (Å²) >= 11 is 0. The van der Waals surface area contributed by atoms with Gasteiger partial charge in [-0.2, -0.15) is 0 Å². The first-order chi connectivity index (χ1) is 23.0. The standard InChI is InChI=1S/C34H52N4O10S/c1-7-37(8-2)16-17-49(45,46)28-13-15-38(31(28)34(44)48-32(22(3)4)24(6)11-12-30(41)42)33(43)27-21-47-29(36-27)20-26(40)19-25(39)18-23(5)10-9-14-35/h9-12,18,21-22,24-25,28,31-32,39H,7-8,13-17,19-20,35H2,1-6H3,(H,41,42)/b10-9+,12-11+,23-18+/t24-,25-,28-,31-,32-/m1/s1. The van der Waals surface area contributed by atoms with Crippen molar-refractivity contribution in [3.8, 4) is 0 Å². The smallest absolute Gasteiger partial charge is 0.330 e. The van der Waals surface area contributed by atoms with Crippen molar-refractivity contribution >= 4 is 33.5 Å². The highest BCUT2D eigenvalue weighted by Gasteiger charge is 2.50. The molecule has 15 heteroatoms. The third-order valence-corrected chi connectivity index (χ3v) is 10.6. The second-order valence-corrected chi connectivity index (χ2v) is 14.9. The number of carboxylic acid groups (broad SMARTS) is 1. The van der Waals surface area contributed by atoms with Crippen molar-refractivity contribution in [3.05, 3.63) is 53.8 Å². The average molecular weight is 709 g/mol. The Morgan fingerprint density at radius 2 is 1.86 bits per heavy atom. The van der Waals surface area contributed by atoms with Crippen molar-refractivity contribution in [3.63, 3.8) is 0 Å². The fourth-order valence-electron chi connectivity index (χ4n) is 5.78. The van der Waals surface area contributed by atoms with Gasteiger partial charge in [0.2, 0.25) is 5.89 Å². The maximum atomic E-state index is 13.9. The summed E-state index contributed by atoms with van der Waals surface area (Å²) in [7, 11) is -3.91. The Balaban J connectivity index is 2.34. The summed E-state index contributed by atoms with van der Waals surface area (Å²) in [5.74, 6) is -4.35. The molecule has 0 bridgehead atoms. The van der Waals surface area contributed by atoms with Crippen LogP contribution in [0.4, 0.5) is 0 Å². The van der Waals surface area contributed by atoms with Gasteiger partial charge in [-0.05, 0) is 32.4 Å². The molecule has 14 nitrogen and oxygen atoms in total. The largest absolute Gasteiger partial charge is 0.478 e. The van der Waals surface area contributed by atoms with Gasteiger partial charge in [-0.15, -0.1) is 0 Å². The average Bonchev–Trinajstić information content (AvgIpc) is 3.69. The number of aliphatic carboxylic acids is 1. The number of ether oxygens (including phenoxy) is 1. The van der Waals surface area contributed by atoms with E-state index in [4.69, 9.17) is 20.0 Å². The normalized spacial score (nSPS) is 19.2. The summed E-state index contributed by atoms with van der Waals surface area (Å²) in [5, 5.41) is 18.1. The van der Waals surface area contributed by atoms with Crippen molar-refractivity contribution in [1.82, 2.24) is 14.8 Å². The summed E-state index contributed by atoms with van der Waals surface area (Å²) in [5.41, 5.74) is 5.94. The molecule has 2 rings (SSSR count). The SMILES string of the molecule is CCN(CC)CCS(=O)(=O)[C@@H]1CCN(C(=O)c2coc(CC(=O)C[C@H](O)/C=C(C)/C=C/CN)n2)[C@H]1C(=O)O[C@H](C(C)C)[C@H](C)/C=C/C(=O)O. The molecule has 0 saturated carbocycles. The highest BCUT2D eigenvalue weighted by molar-refractivity contribution is 7.92. The van der Waals surface area contributed by atoms with Crippen molar-refractivity contribution < 1.29 is 47.0 Å². The Kier molecular flexibility index (Phi) is 16.5. The highest BCUT2D eigenvalue weighted by atomic mass is 32.2. The van der Waals surface area contributed by atoms with Gasteiger partial charge >= 0.3 is 11.9 Å². The van der Waals surface area contributed by atoms with E-state index >= 15 is 0 Å². The Morgan fingerprint density at radius 1 is 1.18 bits per heavy atom. The van der Waals surface area contributed by atoms with Gasteiger partial charge in [-0.3, -0.25) is 9.59 Å². The summed E-state index contributed by atoms with van der Waals surface area (Å²) in [6.45, 7) is 12.6. The number of rotatable bonds is 20. The Labute approximate surface area is 289 Å². The van der Waals surface area contributed by atoms with Crippen LogP contribution in [0.25, 0.3) is 0 Å². The number of carboxylic acids is 1. The second-order valence-electron chi connectivity index (χ2n) is 12.5. The van der Waals surface area contributed by atoms with Crippen LogP contribution in [0.3, 0.4) is 0 Å². The van der Waals surface area contributed by atoms with E-state index < -0.39 is 62.9 Å². The van der Waals surface area contributed by atoms with Crippen molar-refractivity contribution in [2.75, 3.05) is 38.5 Å². The Morgan fingerprint density at radius 3 is 2.45 bits per heavy atom. The van der Waals surface area contributed by atoms with E-state index in [9.17, 15) is 32.7 Å². The van der Waals surface area contributed by atoms with Gasteiger partial charge in [0.05, 0.1) is 23.5 Å². The van der Waals surface area contributed by atoms with Crippen molar-refractivity contribution in [1.29, 1.82) is 0 Å². The predicted octanol–water partition coefficient (Wildman–Crippen LogP) is 2.18. The first-order valence-electron chi connectivity index (χ1n) is 16.6. The van der Waals surface area contributed by atoms with Gasteiger partial charge in [-0.25, -0.2) is 23.0 Å². The zero-order valence-electron chi connectivity index (χ0n) is 29.3. The minimum atomic E-state index is -3.91. The van der Waals surface area contributed by atoms with Gasteiger partial charge in [0.15, 0.2) is 15.5 Å². The number of aliphatic hydroxyl groups excluding tert-OH is 1. The molecule has 0 spiro atoms. The number of aliphatic hydroxyl groups is 1. The summed E-state index contributed by atoms with van der Waals surface area (Å²) < 4.78 is 38.6. The molecule has 1 aliphatic rings. The van der Waals surface area contributed by atoms with Crippen LogP contribution in [0, 0.1) is 11.8 Å². The fraction of sp³-hybridized carbons (Fsp3) is 0.618. The fourth-order valence-corrected chi connectivity index (χ4v) is 7.71. The lowest BCUT2D eigenvalue weighted by atomic mass is 9.94. The molecule has 1 aliphatic heterocycles. The number of sulfone groups is 1. The molecule has 1 aromatic rings. The molecule has 4 N–H and O–H groups in total. The first kappa shape index (κ1) is 41.5. The molecule has 1 amide bonds. The van der Waals surface area contributed by atoms with Crippen LogP contribution in [0.1, 0.15) is 70.8 Å². The van der Waals surface area contributed by atoms with Crippen LogP contribution in [0.15, 0.2) is 46.6 Å². The number of likely N-dealkylation sites (tertiary alicyclic amines) is 1. The van der Waals surface area contributed by atoms with Gasteiger partial charge in [0.1, 0.15) is 24.2 Å². The molecule has 1 fully saturated rings. The van der Waals surface area contributed by atoms with Gasteiger partial charge < -0.3 is 34.9 Å². The number of aromatic nitrogens is 1. The zero-order valence-corrected chi connectivity index (χ0v) is 30.1. The number of amides is 1. The van der Waals surface area contributed by atoms with E-state index in [0.29, 0.717) is 19.6 Å². The summed E-state index contributed by atoms with van der Waals surface area (Å²) in [4.78, 5) is 58.6. The third-order valence-electron chi connectivity index (χ3n) is 8.39. The van der Waals surface area contributed by atoms with E-state index in [1.54, 1.807) is 39.8 Å². The van der Waals surface area contributed by atoms with E-state index in [0.717, 1.165) is 22.8 Å². The Hall–Kier alpha value is -3.66. The Bertz CT molecular complexity index is 1480. The van der Waals surface area contributed by atoms with Gasteiger partial charge in [0, 0.05) is 38.0 Å². The van der Waals surface area contributed by atoms with E-state index in [-0.39, 0.29) is 55.6 Å². The molecule has 274 valence electrons. The number of carbonyl (C=O) groups is 4. The number of ketones is 1. The lowest BCUT2D eigenvalue weighted by molar-refractivity contribution is -0.157. The maximum Gasteiger partial charge on any atom is 0.330 e. The van der Waals surface area contributed by atoms with Crippen LogP contribution in [-0.4, -0.2) is 119 Å². The molecule has 0 aliphatic carbocycles. The lowest BCUT2D eigenvalue weighted by Crippen LogP contribution is -2.50. The maximum absolute atomic E-state index is 13.9. The topological polar surface area (TPSA) is 211 Å². The van der Waals surface area contributed by atoms with E-state index in [1.807, 2.05) is 18.7 Å². The number of allylic oxidation sites excluding steroid dienone is 2. The number of nitrogens with two attached hydrogens (primary N) is 1. The molecule has 5 atom stereocenters. The molecular formula is C34H52N4O10S. The molecule has 0 unspecified atom stereocenters. The lowest BCUT2D eigenvalue weighted by Gasteiger charge is -2.31. The van der Waals surface area contributed by atoms with Crippen LogP contribution in [0.5, 0.6) is 0 Å². The quantitative estimate of drug-likeness (QED) is 0.101. The molecule has 0 aromatic carbocycles. The second kappa shape index (κ2) is 19.5. The number of carbonyl (C=O) groups excluding carboxylic acids is 3. The number of hydrogen-bond acceptors (Lipinski definition) is 12. The van der Waals surface area contributed by atoms with Crippen molar-refractivity contribution in [2.45, 2.75) is 84.3 Å². The monoisotopic (exact) mass is 708 g/mol. The van der Waals surface area contributed by atoms with Crippen LogP contribution >= 0.6 is 0 Å². The third kappa shape index (κ3) is 12.6. The summed E-state index contributed by atoms with van der Waals surface area (Å²) in [6.07, 6.45) is 5.94. The number of esters is 1. The van der Waals surface area contributed by atoms with Crippen molar-refractivity contribution in [2.24, 2.45) is 17.6 Å². The predicted molar refractivity (Wildman–Crippen MR) is 183 cm³/mol. The van der Waals surface area contributed by atoms with Crippen LogP contribution < -0.4 is 5.73 Å². The van der Waals surface area contributed by atoms with Gasteiger partial charge in [0.25, 0.3) is 5.91 Å². The first-order valence-corrected chi connectivity index (χ1v) is 18.3. The molecule has 2 heterocycles. The number of nitrogens with zero attached hydrogens (tertiary/aromatic N) is 3. The zero-order chi connectivity index (χ0) is 36.9. The van der Waals surface area contributed by atoms with E-state index in [2.05, 4.69) is 4.98 Å². The number of Topliss-reactive ketones (excluding diaryl/α,β-unsaturated/α-hetero) is 1. The van der Waals surface area contributed by atoms with Crippen LogP contribution in [0.2, 0.25) is 0 Å². The number of hydrogen-bond donors (Lipinski definition) is 3.